The molecule has 3 heteroatoms. The number of hydrogen-bond donors (Lipinski definition) is 2. The maximum Gasteiger partial charge on any atom is 0.115 e. The fraction of sp³-hybridized carbons (Fsp3) is 0.556. The van der Waals surface area contributed by atoms with Crippen LogP contribution >= 0.6 is 0 Å². The predicted molar refractivity (Wildman–Crippen MR) is 122 cm³/mol. The Labute approximate surface area is 180 Å². The Morgan fingerprint density at radius 1 is 1.07 bits per heavy atom. The van der Waals surface area contributed by atoms with Gasteiger partial charge in [-0.25, -0.2) is 0 Å². The molecule has 0 radical (unpaired) electrons. The second-order valence-corrected chi connectivity index (χ2v) is 10.5. The van der Waals surface area contributed by atoms with Gasteiger partial charge in [-0.15, -0.1) is 0 Å². The van der Waals surface area contributed by atoms with Gasteiger partial charge >= 0.3 is 0 Å². The van der Waals surface area contributed by atoms with Gasteiger partial charge in [-0.1, -0.05) is 25.1 Å². The maximum absolute atomic E-state index is 11.4. The molecule has 2 aromatic rings. The van der Waals surface area contributed by atoms with Gasteiger partial charge in [0.05, 0.1) is 6.10 Å². The van der Waals surface area contributed by atoms with Crippen molar-refractivity contribution in [2.45, 2.75) is 57.5 Å². The highest BCUT2D eigenvalue weighted by atomic mass is 16.3. The van der Waals surface area contributed by atoms with E-state index in [9.17, 15) is 10.2 Å². The van der Waals surface area contributed by atoms with Crippen LogP contribution in [0, 0.1) is 23.2 Å². The van der Waals surface area contributed by atoms with Crippen LogP contribution in [0.4, 0.5) is 5.69 Å². The molecule has 0 saturated heterocycles. The van der Waals surface area contributed by atoms with Crippen LogP contribution in [0.2, 0.25) is 0 Å². The number of anilines is 1. The standard InChI is InChI=1S/C27H35NO2/c1-27-13-12-23-22-11-9-21(29)15-18(22)6-10-24(23)25(27)16-19(26(27)30)14-17-4-7-20(8-5-17)28(2)3/h4-5,7-9,11,15,19,23-26,29-30H,6,10,12-14,16H2,1-3H3/t19-,23?,24?,25?,26-,27-/m0/s1. The van der Waals surface area contributed by atoms with Crippen molar-refractivity contribution in [3.63, 3.8) is 0 Å². The molecule has 0 spiro atoms. The molecular formula is C27H35NO2. The van der Waals surface area contributed by atoms with Gasteiger partial charge in [-0.3, -0.25) is 0 Å². The highest BCUT2D eigenvalue weighted by Gasteiger charge is 2.57. The molecule has 2 saturated carbocycles. The third-order valence-corrected chi connectivity index (χ3v) is 8.78. The molecule has 30 heavy (non-hydrogen) atoms. The lowest BCUT2D eigenvalue weighted by Gasteiger charge is -2.50. The van der Waals surface area contributed by atoms with Gasteiger partial charge in [-0.2, -0.15) is 0 Å². The van der Waals surface area contributed by atoms with E-state index in [0.29, 0.717) is 29.4 Å². The highest BCUT2D eigenvalue weighted by Crippen LogP contribution is 2.62. The number of nitrogens with zero attached hydrogens (tertiary/aromatic N) is 1. The summed E-state index contributed by atoms with van der Waals surface area (Å²) in [4.78, 5) is 2.13. The fourth-order valence-electron chi connectivity index (χ4n) is 7.15. The summed E-state index contributed by atoms with van der Waals surface area (Å²) in [5.74, 6) is 2.60. The van der Waals surface area contributed by atoms with Crippen LogP contribution in [0.1, 0.15) is 55.2 Å². The Morgan fingerprint density at radius 2 is 1.83 bits per heavy atom. The molecule has 5 rings (SSSR count). The second kappa shape index (κ2) is 7.30. The van der Waals surface area contributed by atoms with E-state index in [2.05, 4.69) is 56.3 Å². The summed E-state index contributed by atoms with van der Waals surface area (Å²) in [5, 5.41) is 21.3. The van der Waals surface area contributed by atoms with Crippen LogP contribution in [-0.4, -0.2) is 30.4 Å². The Bertz CT molecular complexity index is 921. The lowest BCUT2D eigenvalue weighted by atomic mass is 9.55. The summed E-state index contributed by atoms with van der Waals surface area (Å²) in [6, 6.07) is 14.8. The molecule has 3 aliphatic rings. The van der Waals surface area contributed by atoms with Crippen molar-refractivity contribution in [1.29, 1.82) is 0 Å². The van der Waals surface area contributed by atoms with Gasteiger partial charge in [0.2, 0.25) is 0 Å². The molecule has 3 nitrogen and oxygen atoms in total. The highest BCUT2D eigenvalue weighted by molar-refractivity contribution is 5.46. The van der Waals surface area contributed by atoms with E-state index in [0.717, 1.165) is 32.1 Å². The number of rotatable bonds is 3. The number of aliphatic hydroxyl groups excluding tert-OH is 1. The van der Waals surface area contributed by atoms with E-state index in [1.165, 1.54) is 28.8 Å². The molecule has 0 aromatic heterocycles. The first-order valence-corrected chi connectivity index (χ1v) is 11.6. The number of phenolic OH excluding ortho intramolecular Hbond substituents is 1. The zero-order valence-electron chi connectivity index (χ0n) is 18.5. The van der Waals surface area contributed by atoms with E-state index in [-0.39, 0.29) is 11.5 Å². The lowest BCUT2D eigenvalue weighted by Crippen LogP contribution is -2.44. The number of fused-ring (bicyclic) bond motifs is 5. The van der Waals surface area contributed by atoms with E-state index in [4.69, 9.17) is 0 Å². The first-order valence-electron chi connectivity index (χ1n) is 11.6. The zero-order valence-corrected chi connectivity index (χ0v) is 18.5. The molecule has 2 aromatic carbocycles. The predicted octanol–water partition coefficient (Wildman–Crippen LogP) is 5.14. The van der Waals surface area contributed by atoms with E-state index in [1.807, 2.05) is 12.1 Å². The average Bonchev–Trinajstić information content (AvgIpc) is 2.98. The fourth-order valence-corrected chi connectivity index (χ4v) is 7.15. The summed E-state index contributed by atoms with van der Waals surface area (Å²) in [6.07, 6.45) is 6.43. The van der Waals surface area contributed by atoms with Crippen LogP contribution in [-0.2, 0) is 12.8 Å². The van der Waals surface area contributed by atoms with E-state index in [1.54, 1.807) is 0 Å². The van der Waals surface area contributed by atoms with Crippen LogP contribution in [0.25, 0.3) is 0 Å². The van der Waals surface area contributed by atoms with Crippen LogP contribution in [0.15, 0.2) is 42.5 Å². The summed E-state index contributed by atoms with van der Waals surface area (Å²) in [5.41, 5.74) is 5.41. The third-order valence-electron chi connectivity index (χ3n) is 8.78. The van der Waals surface area contributed by atoms with Crippen LogP contribution in [0.5, 0.6) is 5.75 Å². The largest absolute Gasteiger partial charge is 0.508 e. The minimum Gasteiger partial charge on any atom is -0.508 e. The number of aliphatic hydroxyl groups is 1. The number of benzene rings is 2. The van der Waals surface area contributed by atoms with Crippen molar-refractivity contribution in [3.8, 4) is 5.75 Å². The molecule has 3 unspecified atom stereocenters. The Balaban J connectivity index is 1.37. The molecule has 2 N–H and O–H groups in total. The van der Waals surface area contributed by atoms with Gasteiger partial charge < -0.3 is 15.1 Å². The first-order chi connectivity index (χ1) is 14.4. The second-order valence-electron chi connectivity index (χ2n) is 10.5. The van der Waals surface area contributed by atoms with Gasteiger partial charge in [0.25, 0.3) is 0 Å². The molecule has 160 valence electrons. The minimum absolute atomic E-state index is 0.0455. The summed E-state index contributed by atoms with van der Waals surface area (Å²) < 4.78 is 0. The normalized spacial score (nSPS) is 34.7. The monoisotopic (exact) mass is 405 g/mol. The van der Waals surface area contributed by atoms with Crippen molar-refractivity contribution < 1.29 is 10.2 Å². The zero-order chi connectivity index (χ0) is 21.0. The Hall–Kier alpha value is -2.00. The average molecular weight is 406 g/mol. The number of hydrogen-bond acceptors (Lipinski definition) is 3. The summed E-state index contributed by atoms with van der Waals surface area (Å²) in [6.45, 7) is 2.36. The molecule has 0 aliphatic heterocycles. The van der Waals surface area contributed by atoms with Gasteiger partial charge in [0, 0.05) is 19.8 Å². The van der Waals surface area contributed by atoms with E-state index < -0.39 is 0 Å². The number of aromatic hydroxyl groups is 1. The van der Waals surface area contributed by atoms with E-state index >= 15 is 0 Å². The Morgan fingerprint density at radius 3 is 2.57 bits per heavy atom. The molecule has 0 bridgehead atoms. The van der Waals surface area contributed by atoms with Gasteiger partial charge in [-0.05, 0) is 109 Å². The SMILES string of the molecule is CN(C)c1ccc(C[C@H]2CC3C4CCc5cc(O)ccc5C4CC[C@]3(C)[C@H]2O)cc1. The van der Waals surface area contributed by atoms with Gasteiger partial charge in [0.15, 0.2) is 0 Å². The van der Waals surface area contributed by atoms with Crippen LogP contribution in [0.3, 0.4) is 0 Å². The first kappa shape index (κ1) is 19.9. The van der Waals surface area contributed by atoms with Crippen molar-refractivity contribution in [3.05, 3.63) is 59.2 Å². The molecule has 6 atom stereocenters. The molecule has 0 heterocycles. The summed E-state index contributed by atoms with van der Waals surface area (Å²) >= 11 is 0. The van der Waals surface area contributed by atoms with Crippen molar-refractivity contribution in [2.24, 2.45) is 23.2 Å². The summed E-state index contributed by atoms with van der Waals surface area (Å²) in [7, 11) is 4.14. The molecule has 3 aliphatic carbocycles. The third kappa shape index (κ3) is 3.13. The minimum atomic E-state index is -0.210. The van der Waals surface area contributed by atoms with Crippen molar-refractivity contribution in [2.75, 3.05) is 19.0 Å². The van der Waals surface area contributed by atoms with Crippen molar-refractivity contribution >= 4 is 5.69 Å². The molecular weight excluding hydrogens is 370 g/mol. The van der Waals surface area contributed by atoms with Crippen molar-refractivity contribution in [1.82, 2.24) is 0 Å². The Kier molecular flexibility index (Phi) is 4.85. The molecule has 2 fully saturated rings. The lowest BCUT2D eigenvalue weighted by molar-refractivity contribution is -0.0325. The molecule has 0 amide bonds. The number of phenols is 1. The number of aryl methyl sites for hydroxylation is 1. The van der Waals surface area contributed by atoms with Gasteiger partial charge in [0.1, 0.15) is 5.75 Å². The topological polar surface area (TPSA) is 43.7 Å². The maximum atomic E-state index is 11.4. The quantitative estimate of drug-likeness (QED) is 0.743. The van der Waals surface area contributed by atoms with Crippen LogP contribution < -0.4 is 4.90 Å². The smallest absolute Gasteiger partial charge is 0.115 e.